The van der Waals surface area contributed by atoms with Crippen LogP contribution in [0.15, 0.2) is 22.7 Å². The van der Waals surface area contributed by atoms with E-state index < -0.39 is 0 Å². The SMILES string of the molecule is CCCC(NC)c1cccc(Br)c1F. The van der Waals surface area contributed by atoms with Gasteiger partial charge in [-0.2, -0.15) is 0 Å². The second-order valence-electron chi connectivity index (χ2n) is 3.27. The summed E-state index contributed by atoms with van der Waals surface area (Å²) in [5.74, 6) is -0.152. The summed E-state index contributed by atoms with van der Waals surface area (Å²) >= 11 is 3.19. The van der Waals surface area contributed by atoms with Gasteiger partial charge in [0.25, 0.3) is 0 Å². The van der Waals surface area contributed by atoms with Crippen molar-refractivity contribution >= 4 is 15.9 Å². The summed E-state index contributed by atoms with van der Waals surface area (Å²) in [5, 5.41) is 3.13. The predicted octanol–water partition coefficient (Wildman–Crippen LogP) is 3.65. The maximum absolute atomic E-state index is 13.7. The van der Waals surface area contributed by atoms with Gasteiger partial charge in [-0.15, -0.1) is 0 Å². The Labute approximate surface area is 92.8 Å². The zero-order valence-electron chi connectivity index (χ0n) is 8.48. The third-order valence-electron chi connectivity index (χ3n) is 2.28. The molecule has 1 aromatic carbocycles. The molecule has 0 aliphatic carbocycles. The quantitative estimate of drug-likeness (QED) is 0.871. The van der Waals surface area contributed by atoms with Crippen molar-refractivity contribution in [3.05, 3.63) is 34.1 Å². The van der Waals surface area contributed by atoms with Crippen LogP contribution >= 0.6 is 15.9 Å². The lowest BCUT2D eigenvalue weighted by Crippen LogP contribution is -2.17. The third-order valence-corrected chi connectivity index (χ3v) is 2.90. The van der Waals surface area contributed by atoms with Crippen LogP contribution in [0.4, 0.5) is 4.39 Å². The number of hydrogen-bond acceptors (Lipinski definition) is 1. The molecule has 1 nitrogen and oxygen atoms in total. The Kier molecular flexibility index (Phi) is 4.55. The molecule has 1 aromatic rings. The molecule has 0 bridgehead atoms. The lowest BCUT2D eigenvalue weighted by molar-refractivity contribution is 0.501. The first kappa shape index (κ1) is 11.7. The van der Waals surface area contributed by atoms with E-state index in [9.17, 15) is 4.39 Å². The van der Waals surface area contributed by atoms with Crippen molar-refractivity contribution in [1.82, 2.24) is 5.32 Å². The van der Waals surface area contributed by atoms with Crippen LogP contribution in [0.3, 0.4) is 0 Å². The molecule has 0 aromatic heterocycles. The summed E-state index contributed by atoms with van der Waals surface area (Å²) < 4.78 is 14.2. The molecule has 0 aliphatic rings. The predicted molar refractivity (Wildman–Crippen MR) is 60.8 cm³/mol. The Bertz CT molecular complexity index is 301. The maximum atomic E-state index is 13.7. The zero-order chi connectivity index (χ0) is 10.6. The van der Waals surface area contributed by atoms with Crippen LogP contribution in [0.2, 0.25) is 0 Å². The molecule has 0 heterocycles. The van der Waals surface area contributed by atoms with Crippen LogP contribution in [-0.4, -0.2) is 7.05 Å². The van der Waals surface area contributed by atoms with Crippen LogP contribution in [-0.2, 0) is 0 Å². The van der Waals surface area contributed by atoms with Gasteiger partial charge in [0.1, 0.15) is 5.82 Å². The van der Waals surface area contributed by atoms with E-state index in [2.05, 4.69) is 28.2 Å². The highest BCUT2D eigenvalue weighted by atomic mass is 79.9. The van der Waals surface area contributed by atoms with Crippen LogP contribution in [0.25, 0.3) is 0 Å². The van der Waals surface area contributed by atoms with Gasteiger partial charge in [0.05, 0.1) is 4.47 Å². The summed E-state index contributed by atoms with van der Waals surface area (Å²) in [6, 6.07) is 5.52. The molecule has 0 radical (unpaired) electrons. The van der Waals surface area contributed by atoms with E-state index in [1.807, 2.05) is 19.2 Å². The van der Waals surface area contributed by atoms with E-state index in [4.69, 9.17) is 0 Å². The number of nitrogens with one attached hydrogen (secondary N) is 1. The van der Waals surface area contributed by atoms with Crippen molar-refractivity contribution in [2.45, 2.75) is 25.8 Å². The average Bonchev–Trinajstić information content (AvgIpc) is 2.19. The maximum Gasteiger partial charge on any atom is 0.142 e. The van der Waals surface area contributed by atoms with E-state index in [0.717, 1.165) is 18.4 Å². The molecule has 0 aliphatic heterocycles. The van der Waals surface area contributed by atoms with Crippen molar-refractivity contribution in [3.63, 3.8) is 0 Å². The Hall–Kier alpha value is -0.410. The smallest absolute Gasteiger partial charge is 0.142 e. The minimum atomic E-state index is -0.152. The molecule has 1 rings (SSSR count). The molecule has 14 heavy (non-hydrogen) atoms. The minimum absolute atomic E-state index is 0.109. The van der Waals surface area contributed by atoms with E-state index >= 15 is 0 Å². The molecule has 1 N–H and O–H groups in total. The number of hydrogen-bond donors (Lipinski definition) is 1. The largest absolute Gasteiger partial charge is 0.313 e. The van der Waals surface area contributed by atoms with Gasteiger partial charge in [0, 0.05) is 11.6 Å². The van der Waals surface area contributed by atoms with Gasteiger partial charge in [-0.1, -0.05) is 25.5 Å². The summed E-state index contributed by atoms with van der Waals surface area (Å²) in [4.78, 5) is 0. The number of rotatable bonds is 4. The fourth-order valence-electron chi connectivity index (χ4n) is 1.53. The summed E-state index contributed by atoms with van der Waals surface area (Å²) in [5.41, 5.74) is 0.740. The normalized spacial score (nSPS) is 12.9. The van der Waals surface area contributed by atoms with Crippen molar-refractivity contribution in [3.8, 4) is 0 Å². The standard InChI is InChI=1S/C11H15BrFN/c1-3-5-10(14-2)8-6-4-7-9(12)11(8)13/h4,6-7,10,14H,3,5H2,1-2H3. The van der Waals surface area contributed by atoms with Crippen LogP contribution in [0.1, 0.15) is 31.4 Å². The fraction of sp³-hybridized carbons (Fsp3) is 0.455. The fourth-order valence-corrected chi connectivity index (χ4v) is 1.92. The number of benzene rings is 1. The molecule has 78 valence electrons. The molecule has 1 unspecified atom stereocenters. The van der Waals surface area contributed by atoms with Crippen LogP contribution in [0.5, 0.6) is 0 Å². The Morgan fingerprint density at radius 3 is 2.79 bits per heavy atom. The van der Waals surface area contributed by atoms with Gasteiger partial charge in [-0.05, 0) is 35.5 Å². The highest BCUT2D eigenvalue weighted by molar-refractivity contribution is 9.10. The summed E-state index contributed by atoms with van der Waals surface area (Å²) in [6.45, 7) is 2.10. The zero-order valence-corrected chi connectivity index (χ0v) is 10.1. The first-order valence-electron chi connectivity index (χ1n) is 4.81. The summed E-state index contributed by atoms with van der Waals surface area (Å²) in [6.07, 6.45) is 1.99. The summed E-state index contributed by atoms with van der Waals surface area (Å²) in [7, 11) is 1.86. The molecule has 0 spiro atoms. The first-order valence-corrected chi connectivity index (χ1v) is 5.61. The Morgan fingerprint density at radius 1 is 1.50 bits per heavy atom. The molecule has 0 fully saturated rings. The van der Waals surface area contributed by atoms with Crippen molar-refractivity contribution in [1.29, 1.82) is 0 Å². The van der Waals surface area contributed by atoms with Gasteiger partial charge in [0.15, 0.2) is 0 Å². The minimum Gasteiger partial charge on any atom is -0.313 e. The van der Waals surface area contributed by atoms with Gasteiger partial charge >= 0.3 is 0 Å². The second kappa shape index (κ2) is 5.47. The highest BCUT2D eigenvalue weighted by Crippen LogP contribution is 2.25. The van der Waals surface area contributed by atoms with E-state index in [0.29, 0.717) is 4.47 Å². The van der Waals surface area contributed by atoms with Gasteiger partial charge in [-0.3, -0.25) is 0 Å². The topological polar surface area (TPSA) is 12.0 Å². The molecule has 0 saturated carbocycles. The lowest BCUT2D eigenvalue weighted by Gasteiger charge is -2.16. The molecular formula is C11H15BrFN. The van der Waals surface area contributed by atoms with Crippen LogP contribution < -0.4 is 5.32 Å². The molecule has 3 heteroatoms. The number of halogens is 2. The molecule has 0 amide bonds. The Balaban J connectivity index is 2.97. The van der Waals surface area contributed by atoms with Crippen molar-refractivity contribution < 1.29 is 4.39 Å². The van der Waals surface area contributed by atoms with Crippen LogP contribution in [0, 0.1) is 5.82 Å². The molecular weight excluding hydrogens is 245 g/mol. The van der Waals surface area contributed by atoms with E-state index in [1.54, 1.807) is 6.07 Å². The van der Waals surface area contributed by atoms with Gasteiger partial charge in [0.2, 0.25) is 0 Å². The van der Waals surface area contributed by atoms with E-state index in [1.165, 1.54) is 0 Å². The third kappa shape index (κ3) is 2.55. The molecule has 0 saturated heterocycles. The van der Waals surface area contributed by atoms with Gasteiger partial charge < -0.3 is 5.32 Å². The average molecular weight is 260 g/mol. The monoisotopic (exact) mass is 259 g/mol. The second-order valence-corrected chi connectivity index (χ2v) is 4.13. The van der Waals surface area contributed by atoms with Crippen molar-refractivity contribution in [2.24, 2.45) is 0 Å². The van der Waals surface area contributed by atoms with Gasteiger partial charge in [-0.25, -0.2) is 4.39 Å². The highest BCUT2D eigenvalue weighted by Gasteiger charge is 2.14. The van der Waals surface area contributed by atoms with Crippen molar-refractivity contribution in [2.75, 3.05) is 7.05 Å². The van der Waals surface area contributed by atoms with E-state index in [-0.39, 0.29) is 11.9 Å². The lowest BCUT2D eigenvalue weighted by atomic mass is 10.0. The molecule has 1 atom stereocenters. The first-order chi connectivity index (χ1) is 6.70. The Morgan fingerprint density at radius 2 is 2.21 bits per heavy atom.